The van der Waals surface area contributed by atoms with Gasteiger partial charge in [0.15, 0.2) is 11.5 Å². The second kappa shape index (κ2) is 6.07. The minimum atomic E-state index is 0.163. The van der Waals surface area contributed by atoms with Gasteiger partial charge in [-0.05, 0) is 23.6 Å². The Morgan fingerprint density at radius 2 is 1.83 bits per heavy atom. The van der Waals surface area contributed by atoms with Crippen molar-refractivity contribution < 1.29 is 9.47 Å². The van der Waals surface area contributed by atoms with Crippen molar-refractivity contribution in [3.63, 3.8) is 0 Å². The van der Waals surface area contributed by atoms with E-state index in [1.165, 1.54) is 0 Å². The summed E-state index contributed by atoms with van der Waals surface area (Å²) in [6, 6.07) is 6.24. The predicted octanol–water partition coefficient (Wildman–Crippen LogP) is 2.40. The van der Waals surface area contributed by atoms with E-state index in [-0.39, 0.29) is 6.04 Å². The molecule has 0 aromatic heterocycles. The number of nitrogens with one attached hydrogen (secondary N) is 1. The Morgan fingerprint density at radius 1 is 1.17 bits per heavy atom. The highest BCUT2D eigenvalue weighted by Gasteiger charge is 2.21. The molecule has 100 valence electrons. The average Bonchev–Trinajstić information content (AvgIpc) is 2.44. The summed E-state index contributed by atoms with van der Waals surface area (Å²) in [6.07, 6.45) is 2.19. The molecule has 0 aliphatic carbocycles. The van der Waals surface area contributed by atoms with Gasteiger partial charge in [0, 0.05) is 6.04 Å². The minimum absolute atomic E-state index is 0.163. The molecule has 18 heavy (non-hydrogen) atoms. The fourth-order valence-electron chi connectivity index (χ4n) is 2.52. The van der Waals surface area contributed by atoms with E-state index in [0.29, 0.717) is 19.1 Å². The highest BCUT2D eigenvalue weighted by atomic mass is 16.6. The number of fused-ring (bicyclic) bond motifs is 1. The van der Waals surface area contributed by atoms with E-state index in [1.807, 2.05) is 12.1 Å². The Labute approximate surface area is 108 Å². The van der Waals surface area contributed by atoms with Crippen LogP contribution in [0, 0.1) is 5.92 Å². The number of nitrogens with two attached hydrogens (primary N) is 1. The lowest BCUT2D eigenvalue weighted by molar-refractivity contribution is 0.171. The van der Waals surface area contributed by atoms with Crippen molar-refractivity contribution in [2.75, 3.05) is 13.2 Å². The Kier molecular flexibility index (Phi) is 4.44. The van der Waals surface area contributed by atoms with Gasteiger partial charge in [-0.1, -0.05) is 32.8 Å². The first-order chi connectivity index (χ1) is 8.80. The van der Waals surface area contributed by atoms with Crippen molar-refractivity contribution in [3.8, 4) is 11.5 Å². The monoisotopic (exact) mass is 250 g/mol. The third-order valence-corrected chi connectivity index (χ3v) is 3.63. The molecular formula is C14H22N2O2. The van der Waals surface area contributed by atoms with E-state index in [1.54, 1.807) is 0 Å². The molecule has 1 atom stereocenters. The zero-order chi connectivity index (χ0) is 13.0. The molecule has 1 aliphatic rings. The molecule has 0 saturated carbocycles. The van der Waals surface area contributed by atoms with Gasteiger partial charge in [-0.2, -0.15) is 0 Å². The zero-order valence-electron chi connectivity index (χ0n) is 11.1. The highest BCUT2D eigenvalue weighted by molar-refractivity contribution is 5.44. The normalized spacial score (nSPS) is 15.8. The van der Waals surface area contributed by atoms with E-state index in [9.17, 15) is 0 Å². The third-order valence-electron chi connectivity index (χ3n) is 3.63. The van der Waals surface area contributed by atoms with Crippen molar-refractivity contribution >= 4 is 0 Å². The lowest BCUT2D eigenvalue weighted by Crippen LogP contribution is -2.33. The first-order valence-electron chi connectivity index (χ1n) is 6.65. The summed E-state index contributed by atoms with van der Waals surface area (Å²) in [5.41, 5.74) is 4.09. The second-order valence-corrected chi connectivity index (χ2v) is 4.62. The van der Waals surface area contributed by atoms with Crippen LogP contribution in [0.1, 0.15) is 38.3 Å². The van der Waals surface area contributed by atoms with Gasteiger partial charge in [0.2, 0.25) is 0 Å². The van der Waals surface area contributed by atoms with Crippen LogP contribution >= 0.6 is 0 Å². The molecule has 2 rings (SSSR count). The van der Waals surface area contributed by atoms with Crippen LogP contribution in [0.15, 0.2) is 18.2 Å². The SMILES string of the molecule is CCC(CC)C(NN)c1ccc2c(c1)OCCO2. The molecule has 0 spiro atoms. The van der Waals surface area contributed by atoms with E-state index in [2.05, 4.69) is 25.3 Å². The fraction of sp³-hybridized carbons (Fsp3) is 0.571. The number of rotatable bonds is 5. The van der Waals surface area contributed by atoms with Gasteiger partial charge in [-0.3, -0.25) is 11.3 Å². The minimum Gasteiger partial charge on any atom is -0.486 e. The highest BCUT2D eigenvalue weighted by Crippen LogP contribution is 2.35. The number of benzene rings is 1. The standard InChI is InChI=1S/C14H22N2O2/c1-3-10(4-2)14(16-15)11-5-6-12-13(9-11)18-8-7-17-12/h5-6,9-10,14,16H,3-4,7-8,15H2,1-2H3. The molecule has 1 heterocycles. The van der Waals surface area contributed by atoms with E-state index < -0.39 is 0 Å². The maximum Gasteiger partial charge on any atom is 0.161 e. The molecule has 0 radical (unpaired) electrons. The molecule has 1 aromatic carbocycles. The Hall–Kier alpha value is -1.26. The topological polar surface area (TPSA) is 56.5 Å². The molecule has 4 heteroatoms. The van der Waals surface area contributed by atoms with Crippen LogP contribution in [0.3, 0.4) is 0 Å². The summed E-state index contributed by atoms with van der Waals surface area (Å²) in [7, 11) is 0. The smallest absolute Gasteiger partial charge is 0.161 e. The van der Waals surface area contributed by atoms with Crippen LogP contribution in [0.5, 0.6) is 11.5 Å². The largest absolute Gasteiger partial charge is 0.486 e. The second-order valence-electron chi connectivity index (χ2n) is 4.62. The van der Waals surface area contributed by atoms with Crippen LogP contribution in [-0.2, 0) is 0 Å². The molecule has 0 saturated heterocycles. The van der Waals surface area contributed by atoms with Gasteiger partial charge < -0.3 is 9.47 Å². The molecule has 3 N–H and O–H groups in total. The number of hydrogen-bond donors (Lipinski definition) is 2. The Morgan fingerprint density at radius 3 is 2.44 bits per heavy atom. The summed E-state index contributed by atoms with van der Waals surface area (Å²) < 4.78 is 11.1. The lowest BCUT2D eigenvalue weighted by atomic mass is 9.89. The Bertz CT molecular complexity index is 391. The predicted molar refractivity (Wildman–Crippen MR) is 71.6 cm³/mol. The van der Waals surface area contributed by atoms with Gasteiger partial charge in [0.05, 0.1) is 0 Å². The summed E-state index contributed by atoms with van der Waals surface area (Å²) in [5.74, 6) is 7.88. The first-order valence-corrected chi connectivity index (χ1v) is 6.65. The van der Waals surface area contributed by atoms with Gasteiger partial charge in [-0.15, -0.1) is 0 Å². The van der Waals surface area contributed by atoms with Crippen LogP contribution in [0.2, 0.25) is 0 Å². The third kappa shape index (κ3) is 2.60. The molecule has 0 amide bonds. The molecule has 0 fully saturated rings. The maximum absolute atomic E-state index is 5.71. The summed E-state index contributed by atoms with van der Waals surface area (Å²) in [5, 5.41) is 0. The van der Waals surface area contributed by atoms with Gasteiger partial charge >= 0.3 is 0 Å². The van der Waals surface area contributed by atoms with Crippen molar-refractivity contribution in [1.82, 2.24) is 5.43 Å². The molecular weight excluding hydrogens is 228 g/mol. The van der Waals surface area contributed by atoms with Gasteiger partial charge in [-0.25, -0.2) is 0 Å². The van der Waals surface area contributed by atoms with Crippen LogP contribution < -0.4 is 20.7 Å². The number of ether oxygens (including phenoxy) is 2. The first kappa shape index (κ1) is 13.2. The summed E-state index contributed by atoms with van der Waals surface area (Å²) >= 11 is 0. The molecule has 1 unspecified atom stereocenters. The number of hydrazine groups is 1. The quantitative estimate of drug-likeness (QED) is 0.622. The average molecular weight is 250 g/mol. The molecule has 4 nitrogen and oxygen atoms in total. The molecule has 1 aromatic rings. The fourth-order valence-corrected chi connectivity index (χ4v) is 2.52. The summed E-state index contributed by atoms with van der Waals surface area (Å²) in [6.45, 7) is 5.62. The van der Waals surface area contributed by atoms with Crippen LogP contribution in [0.4, 0.5) is 0 Å². The lowest BCUT2D eigenvalue weighted by Gasteiger charge is -2.26. The van der Waals surface area contributed by atoms with Crippen LogP contribution in [-0.4, -0.2) is 13.2 Å². The van der Waals surface area contributed by atoms with E-state index in [0.717, 1.165) is 29.9 Å². The van der Waals surface area contributed by atoms with E-state index >= 15 is 0 Å². The van der Waals surface area contributed by atoms with Crippen molar-refractivity contribution in [3.05, 3.63) is 23.8 Å². The van der Waals surface area contributed by atoms with Crippen molar-refractivity contribution in [1.29, 1.82) is 0 Å². The van der Waals surface area contributed by atoms with Crippen LogP contribution in [0.25, 0.3) is 0 Å². The van der Waals surface area contributed by atoms with E-state index in [4.69, 9.17) is 15.3 Å². The van der Waals surface area contributed by atoms with Crippen molar-refractivity contribution in [2.45, 2.75) is 32.7 Å². The van der Waals surface area contributed by atoms with Gasteiger partial charge in [0.1, 0.15) is 13.2 Å². The maximum atomic E-state index is 5.71. The van der Waals surface area contributed by atoms with Crippen molar-refractivity contribution in [2.24, 2.45) is 11.8 Å². The summed E-state index contributed by atoms with van der Waals surface area (Å²) in [4.78, 5) is 0. The Balaban J connectivity index is 2.25. The molecule has 0 bridgehead atoms. The zero-order valence-corrected chi connectivity index (χ0v) is 11.1. The molecule has 1 aliphatic heterocycles. The van der Waals surface area contributed by atoms with Gasteiger partial charge in [0.25, 0.3) is 0 Å². The number of hydrogen-bond acceptors (Lipinski definition) is 4.